The minimum absolute atomic E-state index is 0.0984. The van der Waals surface area contributed by atoms with Gasteiger partial charge in [-0.15, -0.1) is 0 Å². The highest BCUT2D eigenvalue weighted by molar-refractivity contribution is 6.00. The van der Waals surface area contributed by atoms with Crippen LogP contribution in [0.5, 0.6) is 23.0 Å². The number of Topliss-reactive ketones (excluding diaryl/α,β-unsaturated/α-hetero) is 1. The summed E-state index contributed by atoms with van der Waals surface area (Å²) in [6.45, 7) is 1.01. The Morgan fingerprint density at radius 3 is 2.23 bits per heavy atom. The summed E-state index contributed by atoms with van der Waals surface area (Å²) in [6, 6.07) is 10.7. The van der Waals surface area contributed by atoms with Gasteiger partial charge in [0, 0.05) is 31.5 Å². The number of hydrogen-bond donors (Lipinski definition) is 0. The molecule has 7 heteroatoms. The highest BCUT2D eigenvalue weighted by Gasteiger charge is 2.43. The van der Waals surface area contributed by atoms with E-state index in [0.29, 0.717) is 66.5 Å². The number of para-hydroxylation sites is 1. The zero-order valence-corrected chi connectivity index (χ0v) is 17.4. The molecule has 2 aliphatic heterocycles. The van der Waals surface area contributed by atoms with Gasteiger partial charge in [0.25, 0.3) is 5.91 Å². The van der Waals surface area contributed by atoms with Crippen molar-refractivity contribution in [2.75, 3.05) is 34.4 Å². The van der Waals surface area contributed by atoms with Crippen LogP contribution in [0.15, 0.2) is 36.4 Å². The first-order valence-electron chi connectivity index (χ1n) is 9.91. The molecule has 0 saturated carbocycles. The third-order valence-corrected chi connectivity index (χ3v) is 5.87. The van der Waals surface area contributed by atoms with Gasteiger partial charge in [-0.2, -0.15) is 0 Å². The Hall–Kier alpha value is -3.22. The van der Waals surface area contributed by atoms with Gasteiger partial charge in [0.05, 0.1) is 33.3 Å². The van der Waals surface area contributed by atoms with Crippen LogP contribution in [0.25, 0.3) is 0 Å². The average molecular weight is 411 g/mol. The van der Waals surface area contributed by atoms with Crippen LogP contribution in [0.4, 0.5) is 0 Å². The number of benzene rings is 2. The van der Waals surface area contributed by atoms with Gasteiger partial charge in [0.1, 0.15) is 11.4 Å². The fraction of sp³-hybridized carbons (Fsp3) is 0.391. The number of ether oxygens (including phenoxy) is 4. The van der Waals surface area contributed by atoms with Crippen LogP contribution in [-0.2, 0) is 0 Å². The lowest BCUT2D eigenvalue weighted by atomic mass is 9.82. The lowest BCUT2D eigenvalue weighted by Gasteiger charge is -2.44. The van der Waals surface area contributed by atoms with E-state index in [2.05, 4.69) is 0 Å². The molecule has 30 heavy (non-hydrogen) atoms. The Kier molecular flexibility index (Phi) is 5.28. The molecule has 7 nitrogen and oxygen atoms in total. The predicted molar refractivity (Wildman–Crippen MR) is 110 cm³/mol. The molecule has 1 spiro atoms. The maximum absolute atomic E-state index is 13.1. The second-order valence-electron chi connectivity index (χ2n) is 7.59. The summed E-state index contributed by atoms with van der Waals surface area (Å²) in [5.41, 5.74) is 0.558. The van der Waals surface area contributed by atoms with E-state index >= 15 is 0 Å². The third-order valence-electron chi connectivity index (χ3n) is 5.87. The number of methoxy groups -OCH3 is 3. The number of rotatable bonds is 4. The van der Waals surface area contributed by atoms with Crippen LogP contribution >= 0.6 is 0 Å². The minimum atomic E-state index is -0.544. The molecule has 2 aliphatic rings. The number of carbonyl (C=O) groups is 2. The lowest BCUT2D eigenvalue weighted by molar-refractivity contribution is -0.00572. The average Bonchev–Trinajstić information content (AvgIpc) is 2.78. The molecule has 0 unspecified atom stereocenters. The van der Waals surface area contributed by atoms with Crippen molar-refractivity contribution in [3.63, 3.8) is 0 Å². The molecule has 0 N–H and O–H groups in total. The van der Waals surface area contributed by atoms with Gasteiger partial charge in [-0.3, -0.25) is 9.59 Å². The lowest BCUT2D eigenvalue weighted by Crippen LogP contribution is -2.52. The van der Waals surface area contributed by atoms with E-state index in [9.17, 15) is 9.59 Å². The first-order chi connectivity index (χ1) is 14.5. The molecule has 1 saturated heterocycles. The molecule has 0 atom stereocenters. The number of carbonyl (C=O) groups excluding carboxylic acids is 2. The molecule has 2 aromatic carbocycles. The minimum Gasteiger partial charge on any atom is -0.493 e. The molecule has 4 rings (SSSR count). The molecule has 2 aromatic rings. The Labute approximate surface area is 175 Å². The molecule has 1 fully saturated rings. The second-order valence-corrected chi connectivity index (χ2v) is 7.59. The van der Waals surface area contributed by atoms with Crippen molar-refractivity contribution in [3.05, 3.63) is 47.5 Å². The molecule has 0 bridgehead atoms. The summed E-state index contributed by atoms with van der Waals surface area (Å²) < 4.78 is 22.3. The Bertz CT molecular complexity index is 952. The van der Waals surface area contributed by atoms with Gasteiger partial charge >= 0.3 is 0 Å². The van der Waals surface area contributed by atoms with Gasteiger partial charge in [-0.25, -0.2) is 0 Å². The van der Waals surface area contributed by atoms with Crippen molar-refractivity contribution in [2.45, 2.75) is 24.9 Å². The number of hydrogen-bond acceptors (Lipinski definition) is 6. The van der Waals surface area contributed by atoms with Gasteiger partial charge in [-0.1, -0.05) is 12.1 Å². The fourth-order valence-electron chi connectivity index (χ4n) is 4.23. The van der Waals surface area contributed by atoms with E-state index in [-0.39, 0.29) is 11.7 Å². The van der Waals surface area contributed by atoms with Gasteiger partial charge < -0.3 is 23.8 Å². The molecule has 158 valence electrons. The molecular weight excluding hydrogens is 386 g/mol. The number of ketones is 1. The van der Waals surface area contributed by atoms with Crippen LogP contribution in [0.3, 0.4) is 0 Å². The molecule has 0 aliphatic carbocycles. The standard InChI is InChI=1S/C23H25NO6/c1-27-19-12-15(13-20(28-2)21(19)29-3)22(26)24-10-8-23(9-11-24)14-17(25)16-6-4-5-7-18(16)30-23/h4-7,12-13H,8-11,14H2,1-3H3. The first-order valence-corrected chi connectivity index (χ1v) is 9.91. The zero-order chi connectivity index (χ0) is 21.3. The molecule has 0 radical (unpaired) electrons. The second kappa shape index (κ2) is 7.89. The van der Waals surface area contributed by atoms with Crippen LogP contribution in [0.2, 0.25) is 0 Å². The molecule has 1 amide bonds. The van der Waals surface area contributed by atoms with Crippen LogP contribution in [0, 0.1) is 0 Å². The molecule has 2 heterocycles. The number of fused-ring (bicyclic) bond motifs is 1. The fourth-order valence-corrected chi connectivity index (χ4v) is 4.23. The maximum atomic E-state index is 13.1. The van der Waals surface area contributed by atoms with E-state index in [1.807, 2.05) is 18.2 Å². The summed E-state index contributed by atoms with van der Waals surface area (Å²) in [7, 11) is 4.56. The summed E-state index contributed by atoms with van der Waals surface area (Å²) in [6.07, 6.45) is 1.54. The summed E-state index contributed by atoms with van der Waals surface area (Å²) in [5, 5.41) is 0. The number of piperidine rings is 1. The maximum Gasteiger partial charge on any atom is 0.254 e. The molecular formula is C23H25NO6. The largest absolute Gasteiger partial charge is 0.493 e. The van der Waals surface area contributed by atoms with Crippen molar-refractivity contribution >= 4 is 11.7 Å². The van der Waals surface area contributed by atoms with Crippen molar-refractivity contribution in [1.82, 2.24) is 4.90 Å². The number of nitrogens with zero attached hydrogens (tertiary/aromatic N) is 1. The highest BCUT2D eigenvalue weighted by Crippen LogP contribution is 2.41. The van der Waals surface area contributed by atoms with E-state index in [0.717, 1.165) is 0 Å². The summed E-state index contributed by atoms with van der Waals surface area (Å²) >= 11 is 0. The quantitative estimate of drug-likeness (QED) is 0.768. The Morgan fingerprint density at radius 2 is 1.63 bits per heavy atom. The topological polar surface area (TPSA) is 74.3 Å². The summed E-state index contributed by atoms with van der Waals surface area (Å²) in [4.78, 5) is 27.5. The van der Waals surface area contributed by atoms with E-state index in [1.54, 1.807) is 23.1 Å². The van der Waals surface area contributed by atoms with Crippen LogP contribution < -0.4 is 18.9 Å². The SMILES string of the molecule is COc1cc(C(=O)N2CCC3(CC2)CC(=O)c2ccccc2O3)cc(OC)c1OC. The Morgan fingerprint density at radius 1 is 1.00 bits per heavy atom. The summed E-state index contributed by atoms with van der Waals surface area (Å²) in [5.74, 6) is 1.94. The third kappa shape index (κ3) is 3.44. The van der Waals surface area contributed by atoms with Crippen molar-refractivity contribution in [1.29, 1.82) is 0 Å². The monoisotopic (exact) mass is 411 g/mol. The zero-order valence-electron chi connectivity index (χ0n) is 17.4. The van der Waals surface area contributed by atoms with Crippen LogP contribution in [-0.4, -0.2) is 56.6 Å². The first kappa shape index (κ1) is 20.1. The van der Waals surface area contributed by atoms with E-state index < -0.39 is 5.60 Å². The number of amides is 1. The van der Waals surface area contributed by atoms with Gasteiger partial charge in [0.15, 0.2) is 17.3 Å². The van der Waals surface area contributed by atoms with Crippen molar-refractivity contribution < 1.29 is 28.5 Å². The highest BCUT2D eigenvalue weighted by atomic mass is 16.5. The van der Waals surface area contributed by atoms with E-state index in [4.69, 9.17) is 18.9 Å². The number of likely N-dealkylation sites (tertiary alicyclic amines) is 1. The van der Waals surface area contributed by atoms with Crippen molar-refractivity contribution in [3.8, 4) is 23.0 Å². The van der Waals surface area contributed by atoms with Gasteiger partial charge in [-0.05, 0) is 24.3 Å². The van der Waals surface area contributed by atoms with Gasteiger partial charge in [0.2, 0.25) is 5.75 Å². The smallest absolute Gasteiger partial charge is 0.254 e. The van der Waals surface area contributed by atoms with Crippen LogP contribution in [0.1, 0.15) is 40.0 Å². The normalized spacial score (nSPS) is 17.2. The van der Waals surface area contributed by atoms with E-state index in [1.165, 1.54) is 21.3 Å². The predicted octanol–water partition coefficient (Wildman–Crippen LogP) is 3.35. The van der Waals surface area contributed by atoms with Crippen molar-refractivity contribution in [2.24, 2.45) is 0 Å². The Balaban J connectivity index is 1.51. The molecule has 0 aromatic heterocycles.